The number of pyridine rings is 1. The molecule has 0 aliphatic carbocycles. The molecule has 1 aliphatic heterocycles. The summed E-state index contributed by atoms with van der Waals surface area (Å²) in [7, 11) is 3.98. The van der Waals surface area contributed by atoms with E-state index in [1.807, 2.05) is 55.1 Å². The lowest BCUT2D eigenvalue weighted by atomic mass is 10.1. The van der Waals surface area contributed by atoms with Crippen LogP contribution in [0.15, 0.2) is 60.8 Å². The number of fused-ring (bicyclic) bond motifs is 1. The zero-order valence-electron chi connectivity index (χ0n) is 22.5. The monoisotopic (exact) mass is 556 g/mol. The van der Waals surface area contributed by atoms with Crippen molar-refractivity contribution < 1.29 is 13.9 Å². The van der Waals surface area contributed by atoms with E-state index in [2.05, 4.69) is 32.3 Å². The van der Waals surface area contributed by atoms with Crippen LogP contribution in [0.2, 0.25) is 0 Å². The average Bonchev–Trinajstić information content (AvgIpc) is 3.62. The van der Waals surface area contributed by atoms with Gasteiger partial charge in [-0.25, -0.2) is 14.4 Å². The maximum Gasteiger partial charge on any atom is 0.230 e. The van der Waals surface area contributed by atoms with Gasteiger partial charge < -0.3 is 10.1 Å². The summed E-state index contributed by atoms with van der Waals surface area (Å²) in [5.41, 5.74) is 5.22. The quantitative estimate of drug-likeness (QED) is 0.254. The molecule has 10 heteroatoms. The lowest BCUT2D eigenvalue weighted by Crippen LogP contribution is -2.18. The van der Waals surface area contributed by atoms with Crippen LogP contribution in [0.1, 0.15) is 35.7 Å². The van der Waals surface area contributed by atoms with E-state index < -0.39 is 5.82 Å². The summed E-state index contributed by atoms with van der Waals surface area (Å²) in [6.07, 6.45) is 3.76. The zero-order valence-corrected chi connectivity index (χ0v) is 23.3. The Morgan fingerprint density at radius 3 is 2.80 bits per heavy atom. The van der Waals surface area contributed by atoms with Gasteiger partial charge in [-0.3, -0.25) is 14.4 Å². The summed E-state index contributed by atoms with van der Waals surface area (Å²) in [5, 5.41) is 7.76. The SMILES string of the molecule is Cc1cc(-c2ccc3sc(NC(=O)Cc4ccc(Oc5ncccc5C5CCCN5C)c(F)c4)nc3c2)n(C)n1. The van der Waals surface area contributed by atoms with Crippen molar-refractivity contribution in [1.82, 2.24) is 24.6 Å². The van der Waals surface area contributed by atoms with E-state index in [1.54, 1.807) is 18.3 Å². The number of carbonyl (C=O) groups is 1. The van der Waals surface area contributed by atoms with Crippen molar-refractivity contribution in [1.29, 1.82) is 0 Å². The number of rotatable bonds is 7. The Hall–Kier alpha value is -4.15. The number of nitrogens with one attached hydrogen (secondary N) is 1. The predicted molar refractivity (Wildman–Crippen MR) is 154 cm³/mol. The van der Waals surface area contributed by atoms with Crippen LogP contribution in [0.5, 0.6) is 11.6 Å². The van der Waals surface area contributed by atoms with Crippen LogP contribution in [0.4, 0.5) is 9.52 Å². The maximum atomic E-state index is 15.0. The number of aromatic nitrogens is 4. The molecule has 1 saturated heterocycles. The Morgan fingerprint density at radius 1 is 1.18 bits per heavy atom. The number of hydrogen-bond acceptors (Lipinski definition) is 7. The van der Waals surface area contributed by atoms with Crippen molar-refractivity contribution in [2.75, 3.05) is 18.9 Å². The normalized spacial score (nSPS) is 15.6. The fourth-order valence-corrected chi connectivity index (χ4v) is 6.12. The number of carbonyl (C=O) groups excluding carboxylic acids is 1. The zero-order chi connectivity index (χ0) is 27.8. The van der Waals surface area contributed by atoms with Gasteiger partial charge in [0, 0.05) is 30.4 Å². The van der Waals surface area contributed by atoms with E-state index in [4.69, 9.17) is 4.74 Å². The smallest absolute Gasteiger partial charge is 0.230 e. The lowest BCUT2D eigenvalue weighted by molar-refractivity contribution is -0.115. The molecule has 1 atom stereocenters. The number of likely N-dealkylation sites (tertiary alicyclic amines) is 1. The fraction of sp³-hybridized carbons (Fsp3) is 0.267. The first kappa shape index (κ1) is 26.1. The first-order valence-electron chi connectivity index (χ1n) is 13.2. The van der Waals surface area contributed by atoms with Gasteiger partial charge in [0.1, 0.15) is 0 Å². The average molecular weight is 557 g/mol. The largest absolute Gasteiger partial charge is 0.436 e. The Bertz CT molecular complexity index is 1710. The molecule has 1 fully saturated rings. The van der Waals surface area contributed by atoms with Gasteiger partial charge in [-0.1, -0.05) is 29.5 Å². The molecule has 1 aliphatic rings. The van der Waals surface area contributed by atoms with Crippen molar-refractivity contribution in [2.45, 2.75) is 32.2 Å². The molecule has 2 aromatic carbocycles. The van der Waals surface area contributed by atoms with E-state index in [9.17, 15) is 4.79 Å². The number of aryl methyl sites for hydroxylation is 2. The third-order valence-corrected chi connectivity index (χ3v) is 8.13. The molecule has 3 aromatic heterocycles. The summed E-state index contributed by atoms with van der Waals surface area (Å²) >= 11 is 1.40. The van der Waals surface area contributed by atoms with Gasteiger partial charge in [0.15, 0.2) is 16.7 Å². The molecule has 6 rings (SSSR count). The fourth-order valence-electron chi connectivity index (χ4n) is 5.26. The summed E-state index contributed by atoms with van der Waals surface area (Å²) in [4.78, 5) is 24.0. The molecule has 0 radical (unpaired) electrons. The molecule has 8 nitrogen and oxygen atoms in total. The summed E-state index contributed by atoms with van der Waals surface area (Å²) in [6, 6.07) is 16.7. The van der Waals surface area contributed by atoms with E-state index in [1.165, 1.54) is 17.4 Å². The predicted octanol–water partition coefficient (Wildman–Crippen LogP) is 6.28. The highest BCUT2D eigenvalue weighted by molar-refractivity contribution is 7.22. The standard InChI is InChI=1S/C30H29FN6O2S/c1-18-14-25(37(3)35-18)20-9-11-27-23(17-20)33-30(40-27)34-28(38)16-19-8-10-26(22(31)15-19)39-29-21(6-4-12-32-29)24-7-5-13-36(24)2/h4,6,8-12,14-15,17,24H,5,7,13,16H2,1-3H3,(H,33,34,38). The second-order valence-electron chi connectivity index (χ2n) is 10.1. The van der Waals surface area contributed by atoms with Crippen molar-refractivity contribution >= 4 is 32.6 Å². The molecule has 0 saturated carbocycles. The third-order valence-electron chi connectivity index (χ3n) is 7.18. The Labute approximate surface area is 235 Å². The second kappa shape index (κ2) is 10.8. The summed E-state index contributed by atoms with van der Waals surface area (Å²) < 4.78 is 23.7. The molecule has 0 spiro atoms. The lowest BCUT2D eigenvalue weighted by Gasteiger charge is -2.21. The number of nitrogens with zero attached hydrogens (tertiary/aromatic N) is 5. The van der Waals surface area contributed by atoms with Crippen LogP contribution in [0.25, 0.3) is 21.5 Å². The molecule has 4 heterocycles. The number of hydrogen-bond donors (Lipinski definition) is 1. The minimum absolute atomic E-state index is 0.00831. The van der Waals surface area contributed by atoms with E-state index >= 15 is 4.39 Å². The summed E-state index contributed by atoms with van der Waals surface area (Å²) in [5.74, 6) is -0.330. The molecule has 1 amide bonds. The number of anilines is 1. The maximum absolute atomic E-state index is 15.0. The molecule has 5 aromatic rings. The van der Waals surface area contributed by atoms with Crippen molar-refractivity contribution in [2.24, 2.45) is 7.05 Å². The summed E-state index contributed by atoms with van der Waals surface area (Å²) in [6.45, 7) is 2.96. The second-order valence-corrected chi connectivity index (χ2v) is 11.2. The van der Waals surface area contributed by atoms with Crippen LogP contribution >= 0.6 is 11.3 Å². The molecule has 1 unspecified atom stereocenters. The molecule has 0 bridgehead atoms. The van der Waals surface area contributed by atoms with Crippen molar-refractivity contribution in [3.63, 3.8) is 0 Å². The topological polar surface area (TPSA) is 85.2 Å². The van der Waals surface area contributed by atoms with E-state index in [-0.39, 0.29) is 24.1 Å². The molecule has 204 valence electrons. The minimum atomic E-state index is -0.542. The first-order valence-corrected chi connectivity index (χ1v) is 14.0. The highest BCUT2D eigenvalue weighted by Crippen LogP contribution is 2.37. The highest BCUT2D eigenvalue weighted by Gasteiger charge is 2.26. The van der Waals surface area contributed by atoms with Gasteiger partial charge >= 0.3 is 0 Å². The first-order chi connectivity index (χ1) is 19.3. The Morgan fingerprint density at radius 2 is 2.05 bits per heavy atom. The van der Waals surface area contributed by atoms with Gasteiger partial charge in [-0.05, 0) is 75.3 Å². The van der Waals surface area contributed by atoms with Crippen LogP contribution in [-0.2, 0) is 18.3 Å². The molecular weight excluding hydrogens is 527 g/mol. The van der Waals surface area contributed by atoms with Crippen molar-refractivity contribution in [3.8, 4) is 22.9 Å². The van der Waals surface area contributed by atoms with Crippen LogP contribution in [0, 0.1) is 12.7 Å². The highest BCUT2D eigenvalue weighted by atomic mass is 32.1. The number of thiazole rings is 1. The number of halogens is 1. The number of benzene rings is 2. The van der Waals surface area contributed by atoms with Crippen LogP contribution in [-0.4, -0.2) is 44.1 Å². The van der Waals surface area contributed by atoms with Gasteiger partial charge in [0.05, 0.1) is 28.0 Å². The van der Waals surface area contributed by atoms with Gasteiger partial charge in [0.25, 0.3) is 0 Å². The molecule has 1 N–H and O–H groups in total. The van der Waals surface area contributed by atoms with Crippen LogP contribution in [0.3, 0.4) is 0 Å². The van der Waals surface area contributed by atoms with E-state index in [0.29, 0.717) is 16.6 Å². The Kier molecular flexibility index (Phi) is 7.03. The van der Waals surface area contributed by atoms with Crippen LogP contribution < -0.4 is 10.1 Å². The van der Waals surface area contributed by atoms with Gasteiger partial charge in [-0.15, -0.1) is 0 Å². The number of ether oxygens (including phenoxy) is 1. The Balaban J connectivity index is 1.13. The molecule has 40 heavy (non-hydrogen) atoms. The third kappa shape index (κ3) is 5.32. The van der Waals surface area contributed by atoms with Gasteiger partial charge in [-0.2, -0.15) is 5.10 Å². The van der Waals surface area contributed by atoms with Crippen molar-refractivity contribution in [3.05, 3.63) is 83.4 Å². The number of amides is 1. The van der Waals surface area contributed by atoms with E-state index in [0.717, 1.165) is 52.1 Å². The molecular formula is C30H29FN6O2S. The minimum Gasteiger partial charge on any atom is -0.436 e. The van der Waals surface area contributed by atoms with Gasteiger partial charge in [0.2, 0.25) is 11.8 Å².